The normalized spacial score (nSPS) is 17.5. The molecule has 0 radical (unpaired) electrons. The number of rotatable bonds is 3. The quantitative estimate of drug-likeness (QED) is 0.803. The molecule has 1 aromatic heterocycles. The number of benzene rings is 1. The number of carbonyl (C=O) groups is 1. The largest absolute Gasteiger partial charge is 0.394 e. The summed E-state index contributed by atoms with van der Waals surface area (Å²) in [6.45, 7) is 1.93. The van der Waals surface area contributed by atoms with Crippen molar-refractivity contribution >= 4 is 16.8 Å². The van der Waals surface area contributed by atoms with Crippen molar-refractivity contribution in [1.82, 2.24) is 10.3 Å². The van der Waals surface area contributed by atoms with Gasteiger partial charge in [-0.05, 0) is 25.8 Å². The highest BCUT2D eigenvalue weighted by Crippen LogP contribution is 2.30. The minimum Gasteiger partial charge on any atom is -0.394 e. The lowest BCUT2D eigenvalue weighted by Gasteiger charge is -2.28. The summed E-state index contributed by atoms with van der Waals surface area (Å²) in [5.74, 6) is -0.0871. The number of para-hydroxylation sites is 1. The summed E-state index contributed by atoms with van der Waals surface area (Å²) < 4.78 is 0. The SMILES string of the molecule is Cc1[nH]c2ccccc2c1C(=O)NC1(CO)CCCC1. The standard InChI is InChI=1S/C16H20N2O2/c1-11-14(12-6-2-3-7-13(12)17-11)15(20)18-16(10-19)8-4-5-9-16/h2-3,6-7,17,19H,4-5,8-10H2,1H3,(H,18,20). The van der Waals surface area contributed by atoms with Crippen LogP contribution in [-0.2, 0) is 0 Å². The molecule has 4 nitrogen and oxygen atoms in total. The molecule has 1 aliphatic rings. The average Bonchev–Trinajstić information content (AvgIpc) is 3.02. The van der Waals surface area contributed by atoms with E-state index in [9.17, 15) is 9.90 Å². The van der Waals surface area contributed by atoms with Gasteiger partial charge in [-0.15, -0.1) is 0 Å². The molecule has 20 heavy (non-hydrogen) atoms. The second-order valence-electron chi connectivity index (χ2n) is 5.77. The molecule has 0 atom stereocenters. The Morgan fingerprint density at radius 2 is 2.05 bits per heavy atom. The van der Waals surface area contributed by atoms with E-state index in [0.29, 0.717) is 5.56 Å². The number of hydrogen-bond donors (Lipinski definition) is 3. The van der Waals surface area contributed by atoms with E-state index in [1.807, 2.05) is 31.2 Å². The van der Waals surface area contributed by atoms with Crippen LogP contribution in [0.4, 0.5) is 0 Å². The fraction of sp³-hybridized carbons (Fsp3) is 0.438. The minimum absolute atomic E-state index is 0.0140. The molecule has 1 amide bonds. The predicted octanol–water partition coefficient (Wildman–Crippen LogP) is 2.51. The van der Waals surface area contributed by atoms with Gasteiger partial charge in [0.1, 0.15) is 0 Å². The smallest absolute Gasteiger partial charge is 0.254 e. The van der Waals surface area contributed by atoms with Gasteiger partial charge < -0.3 is 15.4 Å². The first-order chi connectivity index (χ1) is 9.65. The third kappa shape index (κ3) is 2.10. The molecule has 3 N–H and O–H groups in total. The average molecular weight is 272 g/mol. The Hall–Kier alpha value is -1.81. The molecule has 0 bridgehead atoms. The number of H-pyrrole nitrogens is 1. The van der Waals surface area contributed by atoms with Crippen molar-refractivity contribution in [2.24, 2.45) is 0 Å². The second kappa shape index (κ2) is 4.94. The van der Waals surface area contributed by atoms with Crippen molar-refractivity contribution in [3.05, 3.63) is 35.5 Å². The summed E-state index contributed by atoms with van der Waals surface area (Å²) >= 11 is 0. The fourth-order valence-corrected chi connectivity index (χ4v) is 3.25. The lowest BCUT2D eigenvalue weighted by atomic mass is 9.98. The van der Waals surface area contributed by atoms with Gasteiger partial charge in [0.05, 0.1) is 17.7 Å². The third-order valence-corrected chi connectivity index (χ3v) is 4.36. The number of aromatic nitrogens is 1. The van der Waals surface area contributed by atoms with Gasteiger partial charge in [0.25, 0.3) is 5.91 Å². The molecule has 1 saturated carbocycles. The van der Waals surface area contributed by atoms with Crippen LogP contribution in [0.25, 0.3) is 10.9 Å². The molecule has 0 unspecified atom stereocenters. The van der Waals surface area contributed by atoms with E-state index in [1.165, 1.54) is 0 Å². The van der Waals surface area contributed by atoms with Gasteiger partial charge in [-0.25, -0.2) is 0 Å². The zero-order valence-electron chi connectivity index (χ0n) is 11.7. The van der Waals surface area contributed by atoms with Crippen LogP contribution >= 0.6 is 0 Å². The van der Waals surface area contributed by atoms with Gasteiger partial charge in [-0.1, -0.05) is 31.0 Å². The molecule has 2 aromatic rings. The summed E-state index contributed by atoms with van der Waals surface area (Å²) in [6.07, 6.45) is 3.84. The lowest BCUT2D eigenvalue weighted by Crippen LogP contribution is -2.49. The Kier molecular flexibility index (Phi) is 3.26. The Morgan fingerprint density at radius 3 is 2.75 bits per heavy atom. The topological polar surface area (TPSA) is 65.1 Å². The van der Waals surface area contributed by atoms with Gasteiger partial charge in [-0.3, -0.25) is 4.79 Å². The molecule has 4 heteroatoms. The zero-order chi connectivity index (χ0) is 14.2. The van der Waals surface area contributed by atoms with Crippen LogP contribution in [0.1, 0.15) is 41.7 Å². The maximum absolute atomic E-state index is 12.6. The van der Waals surface area contributed by atoms with Crippen molar-refractivity contribution in [2.75, 3.05) is 6.61 Å². The van der Waals surface area contributed by atoms with E-state index in [0.717, 1.165) is 42.3 Å². The maximum atomic E-state index is 12.6. The number of aliphatic hydroxyl groups excluding tert-OH is 1. The predicted molar refractivity (Wildman–Crippen MR) is 78.8 cm³/mol. The first-order valence-electron chi connectivity index (χ1n) is 7.16. The van der Waals surface area contributed by atoms with E-state index < -0.39 is 5.54 Å². The molecular formula is C16H20N2O2. The molecule has 1 fully saturated rings. The van der Waals surface area contributed by atoms with Crippen LogP contribution in [0.15, 0.2) is 24.3 Å². The Balaban J connectivity index is 1.94. The number of fused-ring (bicyclic) bond motifs is 1. The van der Waals surface area contributed by atoms with E-state index in [4.69, 9.17) is 0 Å². The van der Waals surface area contributed by atoms with E-state index in [-0.39, 0.29) is 12.5 Å². The van der Waals surface area contributed by atoms with Gasteiger partial charge >= 0.3 is 0 Å². The Labute approximate surface area is 118 Å². The Bertz CT molecular complexity index is 639. The van der Waals surface area contributed by atoms with Crippen LogP contribution < -0.4 is 5.32 Å². The van der Waals surface area contributed by atoms with E-state index >= 15 is 0 Å². The van der Waals surface area contributed by atoms with Crippen molar-refractivity contribution in [2.45, 2.75) is 38.1 Å². The Morgan fingerprint density at radius 1 is 1.35 bits per heavy atom. The zero-order valence-corrected chi connectivity index (χ0v) is 11.7. The maximum Gasteiger partial charge on any atom is 0.254 e. The molecule has 0 saturated heterocycles. The van der Waals surface area contributed by atoms with Crippen molar-refractivity contribution in [3.8, 4) is 0 Å². The number of hydrogen-bond acceptors (Lipinski definition) is 2. The number of aliphatic hydroxyl groups is 1. The highest BCUT2D eigenvalue weighted by Gasteiger charge is 2.35. The van der Waals surface area contributed by atoms with Gasteiger partial charge in [0.2, 0.25) is 0 Å². The monoisotopic (exact) mass is 272 g/mol. The lowest BCUT2D eigenvalue weighted by molar-refractivity contribution is 0.0839. The number of carbonyl (C=O) groups excluding carboxylic acids is 1. The number of aryl methyl sites for hydroxylation is 1. The second-order valence-corrected chi connectivity index (χ2v) is 5.77. The fourth-order valence-electron chi connectivity index (χ4n) is 3.25. The number of aromatic amines is 1. The summed E-state index contributed by atoms with van der Waals surface area (Å²) in [5, 5.41) is 13.6. The molecule has 1 aromatic carbocycles. The van der Waals surface area contributed by atoms with Crippen LogP contribution in [0, 0.1) is 6.92 Å². The summed E-state index contributed by atoms with van der Waals surface area (Å²) in [4.78, 5) is 15.9. The number of amides is 1. The van der Waals surface area contributed by atoms with Gasteiger partial charge in [0.15, 0.2) is 0 Å². The molecule has 1 aliphatic carbocycles. The molecule has 1 heterocycles. The highest BCUT2D eigenvalue weighted by molar-refractivity contribution is 6.08. The molecule has 0 aliphatic heterocycles. The van der Waals surface area contributed by atoms with Crippen LogP contribution in [-0.4, -0.2) is 28.1 Å². The van der Waals surface area contributed by atoms with Crippen molar-refractivity contribution < 1.29 is 9.90 Å². The van der Waals surface area contributed by atoms with E-state index in [2.05, 4.69) is 10.3 Å². The minimum atomic E-state index is -0.429. The van der Waals surface area contributed by atoms with Gasteiger partial charge in [0, 0.05) is 16.6 Å². The molecule has 0 spiro atoms. The van der Waals surface area contributed by atoms with E-state index in [1.54, 1.807) is 0 Å². The summed E-state index contributed by atoms with van der Waals surface area (Å²) in [7, 11) is 0. The summed E-state index contributed by atoms with van der Waals surface area (Å²) in [5.41, 5.74) is 2.11. The van der Waals surface area contributed by atoms with Crippen molar-refractivity contribution in [1.29, 1.82) is 0 Å². The molecule has 106 valence electrons. The summed E-state index contributed by atoms with van der Waals surface area (Å²) in [6, 6.07) is 7.81. The van der Waals surface area contributed by atoms with Crippen molar-refractivity contribution in [3.63, 3.8) is 0 Å². The first-order valence-corrected chi connectivity index (χ1v) is 7.16. The first kappa shape index (κ1) is 13.2. The highest BCUT2D eigenvalue weighted by atomic mass is 16.3. The van der Waals surface area contributed by atoms with Crippen LogP contribution in [0.3, 0.4) is 0 Å². The third-order valence-electron chi connectivity index (χ3n) is 4.36. The molecular weight excluding hydrogens is 252 g/mol. The van der Waals surface area contributed by atoms with Gasteiger partial charge in [-0.2, -0.15) is 0 Å². The van der Waals surface area contributed by atoms with Crippen LogP contribution in [0.2, 0.25) is 0 Å². The van der Waals surface area contributed by atoms with Crippen LogP contribution in [0.5, 0.6) is 0 Å². The molecule has 3 rings (SSSR count). The number of nitrogens with one attached hydrogen (secondary N) is 2.